The number of benzene rings is 1. The number of carbonyl (C=O) groups excluding carboxylic acids is 2. The Morgan fingerprint density at radius 2 is 2.04 bits per heavy atom. The van der Waals surface area contributed by atoms with Gasteiger partial charge in [-0.2, -0.15) is 0 Å². The number of amides is 1. The van der Waals surface area contributed by atoms with Gasteiger partial charge in [0.1, 0.15) is 5.01 Å². The van der Waals surface area contributed by atoms with Crippen LogP contribution in [0.5, 0.6) is 0 Å². The lowest BCUT2D eigenvalue weighted by Crippen LogP contribution is -2.44. The molecule has 1 amide bonds. The fourth-order valence-electron chi connectivity index (χ4n) is 3.34. The Kier molecular flexibility index (Phi) is 6.44. The predicted molar refractivity (Wildman–Crippen MR) is 107 cm³/mol. The fourth-order valence-corrected chi connectivity index (χ4v) is 4.40. The first kappa shape index (κ1) is 19.8. The first-order valence-electron chi connectivity index (χ1n) is 9.49. The first-order valence-corrected chi connectivity index (χ1v) is 10.3. The molecular formula is C20H27N3O3S. The van der Waals surface area contributed by atoms with E-state index < -0.39 is 0 Å². The molecular weight excluding hydrogens is 362 g/mol. The van der Waals surface area contributed by atoms with E-state index in [2.05, 4.69) is 16.0 Å². The lowest BCUT2D eigenvalue weighted by Gasteiger charge is -2.32. The normalized spacial score (nSPS) is 17.0. The molecule has 0 aliphatic carbocycles. The van der Waals surface area contributed by atoms with Gasteiger partial charge in [0, 0.05) is 7.05 Å². The molecule has 0 N–H and O–H groups in total. The van der Waals surface area contributed by atoms with E-state index in [0.717, 1.165) is 41.2 Å². The molecule has 0 unspecified atom stereocenters. The van der Waals surface area contributed by atoms with Gasteiger partial charge in [-0.05, 0) is 51.9 Å². The molecule has 1 aliphatic heterocycles. The van der Waals surface area contributed by atoms with Gasteiger partial charge in [0.15, 0.2) is 0 Å². The summed E-state index contributed by atoms with van der Waals surface area (Å²) in [5.74, 6) is -0.0582. The highest BCUT2D eigenvalue weighted by molar-refractivity contribution is 7.18. The Morgan fingerprint density at radius 1 is 1.33 bits per heavy atom. The van der Waals surface area contributed by atoms with Crippen molar-refractivity contribution in [2.45, 2.75) is 32.7 Å². The minimum atomic E-state index is -0.106. The quantitative estimate of drug-likeness (QED) is 0.711. The van der Waals surface area contributed by atoms with Crippen LogP contribution in [-0.2, 0) is 14.3 Å². The zero-order valence-corrected chi connectivity index (χ0v) is 17.0. The molecule has 1 aliphatic rings. The fraction of sp³-hybridized carbons (Fsp3) is 0.550. The molecule has 27 heavy (non-hydrogen) atoms. The number of esters is 1. The van der Waals surface area contributed by atoms with Crippen molar-refractivity contribution in [3.8, 4) is 0 Å². The second-order valence-electron chi connectivity index (χ2n) is 7.00. The summed E-state index contributed by atoms with van der Waals surface area (Å²) in [6, 6.07) is 7.97. The Labute approximate surface area is 164 Å². The molecule has 1 aromatic heterocycles. The Hall–Kier alpha value is -1.99. The van der Waals surface area contributed by atoms with E-state index in [0.29, 0.717) is 13.2 Å². The van der Waals surface area contributed by atoms with Crippen LogP contribution in [0, 0.1) is 5.92 Å². The van der Waals surface area contributed by atoms with E-state index in [4.69, 9.17) is 4.74 Å². The summed E-state index contributed by atoms with van der Waals surface area (Å²) in [6.07, 6.45) is 1.51. The molecule has 1 atom stereocenters. The van der Waals surface area contributed by atoms with Crippen molar-refractivity contribution in [3.05, 3.63) is 29.3 Å². The van der Waals surface area contributed by atoms with Crippen LogP contribution in [0.15, 0.2) is 24.3 Å². The van der Waals surface area contributed by atoms with Crippen LogP contribution >= 0.6 is 11.3 Å². The van der Waals surface area contributed by atoms with E-state index >= 15 is 0 Å². The summed E-state index contributed by atoms with van der Waals surface area (Å²) in [4.78, 5) is 33.1. The van der Waals surface area contributed by atoms with Crippen molar-refractivity contribution in [2.75, 3.05) is 33.3 Å². The molecule has 0 radical (unpaired) electrons. The van der Waals surface area contributed by atoms with Gasteiger partial charge in [-0.15, -0.1) is 11.3 Å². The maximum atomic E-state index is 12.7. The number of rotatable bonds is 6. The number of hydrogen-bond acceptors (Lipinski definition) is 6. The van der Waals surface area contributed by atoms with Crippen LogP contribution in [-0.4, -0.2) is 59.9 Å². The van der Waals surface area contributed by atoms with Crippen LogP contribution in [0.25, 0.3) is 10.2 Å². The van der Waals surface area contributed by atoms with Crippen LogP contribution < -0.4 is 0 Å². The summed E-state index contributed by atoms with van der Waals surface area (Å²) < 4.78 is 6.24. The molecule has 0 saturated carbocycles. The number of likely N-dealkylation sites (N-methyl/N-ethyl adjacent to an activating group) is 1. The van der Waals surface area contributed by atoms with Crippen molar-refractivity contribution < 1.29 is 14.3 Å². The maximum absolute atomic E-state index is 12.7. The number of aromatic nitrogens is 1. The van der Waals surface area contributed by atoms with Crippen LogP contribution in [0.3, 0.4) is 0 Å². The minimum absolute atomic E-state index is 0.0318. The van der Waals surface area contributed by atoms with E-state index in [1.54, 1.807) is 16.2 Å². The van der Waals surface area contributed by atoms with E-state index in [1.165, 1.54) is 0 Å². The van der Waals surface area contributed by atoms with Crippen molar-refractivity contribution in [2.24, 2.45) is 5.92 Å². The van der Waals surface area contributed by atoms with Gasteiger partial charge in [0.25, 0.3) is 0 Å². The molecule has 0 bridgehead atoms. The molecule has 7 heteroatoms. The molecule has 0 spiro atoms. The first-order chi connectivity index (χ1) is 13.0. The smallest absolute Gasteiger partial charge is 0.309 e. The highest BCUT2D eigenvalue weighted by atomic mass is 32.1. The van der Waals surface area contributed by atoms with Gasteiger partial charge in [-0.1, -0.05) is 12.1 Å². The van der Waals surface area contributed by atoms with Crippen molar-refractivity contribution in [1.82, 2.24) is 14.8 Å². The molecule has 1 fully saturated rings. The number of para-hydroxylation sites is 1. The average molecular weight is 390 g/mol. The number of fused-ring (bicyclic) bond motifs is 1. The lowest BCUT2D eigenvalue weighted by molar-refractivity contribution is -0.149. The zero-order valence-electron chi connectivity index (χ0n) is 16.2. The summed E-state index contributed by atoms with van der Waals surface area (Å²) in [7, 11) is 1.84. The largest absolute Gasteiger partial charge is 0.466 e. The molecule has 146 valence electrons. The van der Waals surface area contributed by atoms with Gasteiger partial charge >= 0.3 is 5.97 Å². The maximum Gasteiger partial charge on any atom is 0.309 e. The highest BCUT2D eigenvalue weighted by Gasteiger charge is 2.28. The third-order valence-corrected chi connectivity index (χ3v) is 6.42. The summed E-state index contributed by atoms with van der Waals surface area (Å²) >= 11 is 1.64. The van der Waals surface area contributed by atoms with Crippen molar-refractivity contribution in [3.63, 3.8) is 0 Å². The number of nitrogens with zero attached hydrogens (tertiary/aromatic N) is 3. The SMILES string of the molecule is CCOC(=O)C1CCN(CC(=O)N(C)[C@@H](C)c2nc3ccccc3s2)CC1. The number of ether oxygens (including phenoxy) is 1. The van der Waals surface area contributed by atoms with Crippen LogP contribution in [0.1, 0.15) is 37.7 Å². The molecule has 6 nitrogen and oxygen atoms in total. The van der Waals surface area contributed by atoms with Gasteiger partial charge in [-0.25, -0.2) is 4.98 Å². The second-order valence-corrected chi connectivity index (χ2v) is 8.07. The number of likely N-dealkylation sites (tertiary alicyclic amines) is 1. The van der Waals surface area contributed by atoms with E-state index in [-0.39, 0.29) is 23.8 Å². The Morgan fingerprint density at radius 3 is 2.70 bits per heavy atom. The predicted octanol–water partition coefficient (Wildman–Crippen LogP) is 3.09. The average Bonchev–Trinajstić information content (AvgIpc) is 3.11. The van der Waals surface area contributed by atoms with Gasteiger partial charge in [-0.3, -0.25) is 14.5 Å². The van der Waals surface area contributed by atoms with Crippen LogP contribution in [0.4, 0.5) is 0 Å². The van der Waals surface area contributed by atoms with E-state index in [1.807, 2.05) is 39.1 Å². The lowest BCUT2D eigenvalue weighted by atomic mass is 9.97. The number of hydrogen-bond donors (Lipinski definition) is 0. The Bertz CT molecular complexity index is 766. The Balaban J connectivity index is 1.54. The van der Waals surface area contributed by atoms with Crippen molar-refractivity contribution >= 4 is 33.4 Å². The number of piperidine rings is 1. The van der Waals surface area contributed by atoms with Gasteiger partial charge in [0.05, 0.1) is 35.3 Å². The third-order valence-electron chi connectivity index (χ3n) is 5.21. The molecule has 3 rings (SSSR count). The number of carbonyl (C=O) groups is 2. The number of thiazole rings is 1. The summed E-state index contributed by atoms with van der Waals surface area (Å²) in [5, 5.41) is 0.952. The summed E-state index contributed by atoms with van der Waals surface area (Å²) in [5.41, 5.74) is 0.978. The minimum Gasteiger partial charge on any atom is -0.466 e. The molecule has 2 aromatic rings. The molecule has 1 saturated heterocycles. The zero-order chi connectivity index (χ0) is 19.4. The highest BCUT2D eigenvalue weighted by Crippen LogP contribution is 2.29. The standard InChI is InChI=1S/C20H27N3O3S/c1-4-26-20(25)15-9-11-23(12-10-15)13-18(24)22(3)14(2)19-21-16-7-5-6-8-17(16)27-19/h5-8,14-15H,4,9-13H2,1-3H3/t14-/m0/s1. The summed E-state index contributed by atoms with van der Waals surface area (Å²) in [6.45, 7) is 6.14. The van der Waals surface area contributed by atoms with Gasteiger partial charge in [0.2, 0.25) is 5.91 Å². The molecule has 2 heterocycles. The monoisotopic (exact) mass is 389 g/mol. The third kappa shape index (κ3) is 4.65. The van der Waals surface area contributed by atoms with Crippen molar-refractivity contribution in [1.29, 1.82) is 0 Å². The second kappa shape index (κ2) is 8.80. The topological polar surface area (TPSA) is 62.7 Å². The van der Waals surface area contributed by atoms with Gasteiger partial charge < -0.3 is 9.64 Å². The van der Waals surface area contributed by atoms with Crippen LogP contribution in [0.2, 0.25) is 0 Å². The molecule has 1 aromatic carbocycles. The van der Waals surface area contributed by atoms with E-state index in [9.17, 15) is 9.59 Å².